The molecule has 1 atom stereocenters. The number of thiophene rings is 1. The smallest absolute Gasteiger partial charge is 0.224 e. The number of para-hydroxylation sites is 1. The third kappa shape index (κ3) is 3.58. The summed E-state index contributed by atoms with van der Waals surface area (Å²) in [5.74, 6) is 0.866. The van der Waals surface area contributed by atoms with Gasteiger partial charge in [-0.1, -0.05) is 18.2 Å². The van der Waals surface area contributed by atoms with Crippen molar-refractivity contribution < 1.29 is 9.21 Å². The quantitative estimate of drug-likeness (QED) is 0.542. The first kappa shape index (κ1) is 18.1. The Kier molecular flexibility index (Phi) is 4.89. The lowest BCUT2D eigenvalue weighted by molar-refractivity contribution is -0.125. The minimum atomic E-state index is -0.0403. The first-order valence-electron chi connectivity index (χ1n) is 9.97. The molecule has 1 aliphatic rings. The molecule has 6 nitrogen and oxygen atoms in total. The molecule has 4 heterocycles. The van der Waals surface area contributed by atoms with Gasteiger partial charge in [-0.2, -0.15) is 0 Å². The molecule has 5 rings (SSSR count). The number of aromatic nitrogens is 2. The number of benzene rings is 1. The van der Waals surface area contributed by atoms with Crippen molar-refractivity contribution in [3.8, 4) is 0 Å². The van der Waals surface area contributed by atoms with E-state index in [0.717, 1.165) is 48.1 Å². The highest BCUT2D eigenvalue weighted by molar-refractivity contribution is 7.09. The highest BCUT2D eigenvalue weighted by Crippen LogP contribution is 2.33. The predicted octanol–water partition coefficient (Wildman–Crippen LogP) is 4.01. The van der Waals surface area contributed by atoms with Gasteiger partial charge in [-0.3, -0.25) is 4.79 Å². The molecule has 0 radical (unpaired) electrons. The van der Waals surface area contributed by atoms with Crippen molar-refractivity contribution in [2.45, 2.75) is 19.3 Å². The number of nitrogens with one attached hydrogen (secondary N) is 1. The van der Waals surface area contributed by atoms with Gasteiger partial charge in [0.2, 0.25) is 5.91 Å². The molecule has 0 saturated carbocycles. The first-order chi connectivity index (χ1) is 14.3. The molecule has 1 aromatic carbocycles. The highest BCUT2D eigenvalue weighted by atomic mass is 32.1. The van der Waals surface area contributed by atoms with Gasteiger partial charge in [-0.05, 0) is 42.8 Å². The van der Waals surface area contributed by atoms with Crippen LogP contribution in [0.5, 0.6) is 0 Å². The van der Waals surface area contributed by atoms with Gasteiger partial charge >= 0.3 is 0 Å². The van der Waals surface area contributed by atoms with Gasteiger partial charge in [0.1, 0.15) is 17.4 Å². The summed E-state index contributed by atoms with van der Waals surface area (Å²) >= 11 is 1.73. The van der Waals surface area contributed by atoms with E-state index in [4.69, 9.17) is 4.42 Å². The van der Waals surface area contributed by atoms with E-state index < -0.39 is 0 Å². The number of furan rings is 1. The van der Waals surface area contributed by atoms with Gasteiger partial charge in [0, 0.05) is 29.9 Å². The molecule has 1 unspecified atom stereocenters. The fourth-order valence-corrected chi connectivity index (χ4v) is 4.74. The Morgan fingerprint density at radius 2 is 2.17 bits per heavy atom. The zero-order valence-corrected chi connectivity index (χ0v) is 16.8. The Hall–Kier alpha value is -2.93. The summed E-state index contributed by atoms with van der Waals surface area (Å²) in [7, 11) is 0. The summed E-state index contributed by atoms with van der Waals surface area (Å²) < 4.78 is 6.07. The van der Waals surface area contributed by atoms with Gasteiger partial charge in [-0.15, -0.1) is 11.3 Å². The molecule has 1 aliphatic heterocycles. The number of hydrogen-bond acceptors (Lipinski definition) is 6. The molecular formula is C22H22N4O2S. The topological polar surface area (TPSA) is 71.3 Å². The summed E-state index contributed by atoms with van der Waals surface area (Å²) in [4.78, 5) is 25.1. The van der Waals surface area contributed by atoms with Crippen LogP contribution in [0.4, 0.5) is 5.82 Å². The van der Waals surface area contributed by atoms with E-state index in [1.54, 1.807) is 17.7 Å². The molecule has 7 heteroatoms. The largest absolute Gasteiger partial charge is 0.450 e. The summed E-state index contributed by atoms with van der Waals surface area (Å²) in [5, 5.41) is 6.16. The average molecular weight is 407 g/mol. The second-order valence-electron chi connectivity index (χ2n) is 7.38. The molecule has 0 bridgehead atoms. The molecule has 29 heavy (non-hydrogen) atoms. The van der Waals surface area contributed by atoms with Gasteiger partial charge in [0.05, 0.1) is 5.92 Å². The Bertz CT molecular complexity index is 1140. The van der Waals surface area contributed by atoms with Crippen molar-refractivity contribution in [1.29, 1.82) is 0 Å². The number of fused-ring (bicyclic) bond motifs is 3. The number of anilines is 1. The van der Waals surface area contributed by atoms with Crippen LogP contribution in [0, 0.1) is 5.92 Å². The summed E-state index contributed by atoms with van der Waals surface area (Å²) in [6.45, 7) is 2.19. The monoisotopic (exact) mass is 406 g/mol. The van der Waals surface area contributed by atoms with Crippen molar-refractivity contribution in [2.24, 2.45) is 5.92 Å². The molecule has 1 fully saturated rings. The number of nitrogens with zero attached hydrogens (tertiary/aromatic N) is 3. The van der Waals surface area contributed by atoms with Crippen LogP contribution in [0.2, 0.25) is 0 Å². The standard InChI is InChI=1S/C22H22N4O2S/c27-22(23-10-9-16-6-4-12-29-16)15-5-3-11-26(13-15)21-20-19(24-14-25-21)17-7-1-2-8-18(17)28-20/h1-2,4,6-8,12,14-15H,3,5,9-11,13H2,(H,23,27). The van der Waals surface area contributed by atoms with Gasteiger partial charge < -0.3 is 14.6 Å². The Balaban J connectivity index is 1.32. The molecule has 148 valence electrons. The van der Waals surface area contributed by atoms with Crippen LogP contribution in [0.1, 0.15) is 17.7 Å². The second-order valence-corrected chi connectivity index (χ2v) is 8.41. The molecule has 1 amide bonds. The maximum absolute atomic E-state index is 12.7. The number of piperidine rings is 1. The van der Waals surface area contributed by atoms with E-state index in [0.29, 0.717) is 18.7 Å². The van der Waals surface area contributed by atoms with Crippen LogP contribution < -0.4 is 10.2 Å². The van der Waals surface area contributed by atoms with Gasteiger partial charge in [0.15, 0.2) is 11.4 Å². The molecule has 1 N–H and O–H groups in total. The van der Waals surface area contributed by atoms with Crippen LogP contribution in [-0.2, 0) is 11.2 Å². The summed E-state index contributed by atoms with van der Waals surface area (Å²) in [6, 6.07) is 12.0. The van der Waals surface area contributed by atoms with Crippen molar-refractivity contribution in [2.75, 3.05) is 24.5 Å². The Morgan fingerprint density at radius 1 is 1.24 bits per heavy atom. The third-order valence-electron chi connectivity index (χ3n) is 5.48. The van der Waals surface area contributed by atoms with Crippen molar-refractivity contribution >= 4 is 45.1 Å². The SMILES string of the molecule is O=C(NCCc1cccs1)C1CCCN(c2ncnc3c2oc2ccccc23)C1. The lowest BCUT2D eigenvalue weighted by Gasteiger charge is -2.32. The first-order valence-corrected chi connectivity index (χ1v) is 10.8. The van der Waals surface area contributed by atoms with Gasteiger partial charge in [0.25, 0.3) is 0 Å². The third-order valence-corrected chi connectivity index (χ3v) is 6.42. The lowest BCUT2D eigenvalue weighted by atomic mass is 9.97. The second kappa shape index (κ2) is 7.83. The maximum Gasteiger partial charge on any atom is 0.224 e. The summed E-state index contributed by atoms with van der Waals surface area (Å²) in [6.07, 6.45) is 4.32. The zero-order valence-electron chi connectivity index (χ0n) is 16.0. The van der Waals surface area contributed by atoms with Crippen LogP contribution in [0.15, 0.2) is 52.5 Å². The minimum absolute atomic E-state index is 0.0403. The normalized spacial score (nSPS) is 17.1. The lowest BCUT2D eigenvalue weighted by Crippen LogP contribution is -2.43. The summed E-state index contributed by atoms with van der Waals surface area (Å²) in [5.41, 5.74) is 2.34. The fourth-order valence-electron chi connectivity index (χ4n) is 4.03. The molecule has 3 aromatic heterocycles. The molecular weight excluding hydrogens is 384 g/mol. The van der Waals surface area contributed by atoms with E-state index in [9.17, 15) is 4.79 Å². The molecule has 4 aromatic rings. The van der Waals surface area contributed by atoms with Crippen LogP contribution in [0.3, 0.4) is 0 Å². The minimum Gasteiger partial charge on any atom is -0.450 e. The molecule has 0 aliphatic carbocycles. The van der Waals surface area contributed by atoms with Crippen LogP contribution in [-0.4, -0.2) is 35.5 Å². The van der Waals surface area contributed by atoms with E-state index in [1.807, 2.05) is 30.3 Å². The van der Waals surface area contributed by atoms with Crippen molar-refractivity contribution in [3.05, 3.63) is 53.0 Å². The predicted molar refractivity (Wildman–Crippen MR) is 115 cm³/mol. The average Bonchev–Trinajstić information content (AvgIpc) is 3.41. The van der Waals surface area contributed by atoms with E-state index in [1.165, 1.54) is 4.88 Å². The Morgan fingerprint density at radius 3 is 3.07 bits per heavy atom. The van der Waals surface area contributed by atoms with E-state index in [-0.39, 0.29) is 11.8 Å². The van der Waals surface area contributed by atoms with Crippen molar-refractivity contribution in [3.63, 3.8) is 0 Å². The Labute approximate surface area is 172 Å². The molecule has 0 spiro atoms. The number of rotatable bonds is 5. The van der Waals surface area contributed by atoms with E-state index in [2.05, 4.69) is 31.6 Å². The number of hydrogen-bond donors (Lipinski definition) is 1. The van der Waals surface area contributed by atoms with Gasteiger partial charge in [-0.25, -0.2) is 9.97 Å². The van der Waals surface area contributed by atoms with Crippen LogP contribution in [0.25, 0.3) is 22.1 Å². The van der Waals surface area contributed by atoms with Crippen molar-refractivity contribution in [1.82, 2.24) is 15.3 Å². The molecule has 1 saturated heterocycles. The number of amides is 1. The number of carbonyl (C=O) groups excluding carboxylic acids is 1. The maximum atomic E-state index is 12.7. The zero-order chi connectivity index (χ0) is 19.6. The van der Waals surface area contributed by atoms with Crippen LogP contribution >= 0.6 is 11.3 Å². The number of carbonyl (C=O) groups is 1. The van der Waals surface area contributed by atoms with E-state index >= 15 is 0 Å². The fraction of sp³-hybridized carbons (Fsp3) is 0.318. The highest BCUT2D eigenvalue weighted by Gasteiger charge is 2.28.